The van der Waals surface area contributed by atoms with Crippen LogP contribution in [0.15, 0.2) is 36.5 Å². The number of aryl methyl sites for hydroxylation is 1. The highest BCUT2D eigenvalue weighted by Crippen LogP contribution is 2.24. The molecule has 0 saturated carbocycles. The van der Waals surface area contributed by atoms with E-state index in [1.165, 1.54) is 25.0 Å². The molecule has 3 rings (SSSR count). The summed E-state index contributed by atoms with van der Waals surface area (Å²) in [5.41, 5.74) is 2.63. The molecule has 1 aromatic carbocycles. The lowest BCUT2D eigenvalue weighted by atomic mass is 10.1. The lowest BCUT2D eigenvalue weighted by molar-refractivity contribution is 0.0751. The van der Waals surface area contributed by atoms with Crippen LogP contribution in [-0.2, 0) is 6.54 Å². The van der Waals surface area contributed by atoms with Crippen molar-refractivity contribution in [3.05, 3.63) is 48.0 Å². The maximum Gasteiger partial charge on any atom is 0.270 e. The van der Waals surface area contributed by atoms with Gasteiger partial charge in [-0.1, -0.05) is 25.0 Å². The maximum atomic E-state index is 13.1. The van der Waals surface area contributed by atoms with Gasteiger partial charge in [-0.25, -0.2) is 4.39 Å². The zero-order valence-electron chi connectivity index (χ0n) is 13.6. The molecule has 23 heavy (non-hydrogen) atoms. The molecular weight excluding hydrogens is 291 g/mol. The van der Waals surface area contributed by atoms with E-state index in [1.54, 1.807) is 12.1 Å². The minimum absolute atomic E-state index is 0.113. The van der Waals surface area contributed by atoms with Crippen LogP contribution in [0, 0.1) is 5.82 Å². The van der Waals surface area contributed by atoms with Crippen molar-refractivity contribution in [1.82, 2.24) is 9.47 Å². The molecule has 0 aliphatic carbocycles. The molecule has 1 aromatic heterocycles. The monoisotopic (exact) mass is 314 g/mol. The topological polar surface area (TPSA) is 25.2 Å². The predicted octanol–water partition coefficient (Wildman–Crippen LogP) is 4.33. The molecule has 0 unspecified atom stereocenters. The molecule has 4 heteroatoms. The van der Waals surface area contributed by atoms with Crippen LogP contribution in [0.25, 0.3) is 11.1 Å². The van der Waals surface area contributed by atoms with Crippen LogP contribution < -0.4 is 0 Å². The third-order valence-electron chi connectivity index (χ3n) is 4.53. The smallest absolute Gasteiger partial charge is 0.270 e. The number of likely N-dealkylation sites (tertiary alicyclic amines) is 1. The number of hydrogen-bond donors (Lipinski definition) is 0. The van der Waals surface area contributed by atoms with Crippen LogP contribution in [0.2, 0.25) is 0 Å². The fraction of sp³-hybridized carbons (Fsp3) is 0.421. The fourth-order valence-corrected chi connectivity index (χ4v) is 3.19. The van der Waals surface area contributed by atoms with E-state index in [4.69, 9.17) is 0 Å². The Kier molecular flexibility index (Phi) is 4.79. The second kappa shape index (κ2) is 6.99. The number of halogens is 1. The number of rotatable bonds is 3. The van der Waals surface area contributed by atoms with Gasteiger partial charge in [0.15, 0.2) is 0 Å². The lowest BCUT2D eigenvalue weighted by Gasteiger charge is -2.20. The van der Waals surface area contributed by atoms with Crippen molar-refractivity contribution in [3.63, 3.8) is 0 Å². The molecule has 0 radical (unpaired) electrons. The summed E-state index contributed by atoms with van der Waals surface area (Å²) >= 11 is 0. The highest BCUT2D eigenvalue weighted by Gasteiger charge is 2.21. The number of carbonyl (C=O) groups excluding carboxylic acids is 1. The van der Waals surface area contributed by atoms with Crippen molar-refractivity contribution in [1.29, 1.82) is 0 Å². The Morgan fingerprint density at radius 2 is 1.70 bits per heavy atom. The Morgan fingerprint density at radius 3 is 2.30 bits per heavy atom. The van der Waals surface area contributed by atoms with E-state index in [0.717, 1.165) is 49.3 Å². The quantitative estimate of drug-likeness (QED) is 0.828. The number of hydrogen-bond acceptors (Lipinski definition) is 1. The van der Waals surface area contributed by atoms with E-state index in [-0.39, 0.29) is 11.7 Å². The Hall–Kier alpha value is -2.10. The van der Waals surface area contributed by atoms with Gasteiger partial charge in [0.25, 0.3) is 5.91 Å². The molecule has 2 aromatic rings. The summed E-state index contributed by atoms with van der Waals surface area (Å²) in [5, 5.41) is 0. The molecule has 2 heterocycles. The number of aromatic nitrogens is 1. The number of amides is 1. The molecule has 0 bridgehead atoms. The van der Waals surface area contributed by atoms with E-state index in [0.29, 0.717) is 0 Å². The van der Waals surface area contributed by atoms with Gasteiger partial charge >= 0.3 is 0 Å². The van der Waals surface area contributed by atoms with Gasteiger partial charge < -0.3 is 9.47 Å². The number of benzene rings is 1. The third-order valence-corrected chi connectivity index (χ3v) is 4.53. The average molecular weight is 314 g/mol. The number of carbonyl (C=O) groups is 1. The van der Waals surface area contributed by atoms with Gasteiger partial charge in [-0.15, -0.1) is 0 Å². The van der Waals surface area contributed by atoms with Gasteiger partial charge in [-0.2, -0.15) is 0 Å². The minimum atomic E-state index is -0.246. The van der Waals surface area contributed by atoms with Crippen molar-refractivity contribution in [2.75, 3.05) is 13.1 Å². The van der Waals surface area contributed by atoms with E-state index in [1.807, 2.05) is 28.7 Å². The Balaban J connectivity index is 1.89. The second-order valence-electron chi connectivity index (χ2n) is 6.11. The van der Waals surface area contributed by atoms with Crippen molar-refractivity contribution in [2.24, 2.45) is 0 Å². The first kappa shape index (κ1) is 15.8. The molecule has 1 saturated heterocycles. The van der Waals surface area contributed by atoms with E-state index in [9.17, 15) is 9.18 Å². The fourth-order valence-electron chi connectivity index (χ4n) is 3.19. The summed E-state index contributed by atoms with van der Waals surface area (Å²) < 4.78 is 15.1. The number of nitrogens with zero attached hydrogens (tertiary/aromatic N) is 2. The zero-order valence-corrected chi connectivity index (χ0v) is 13.6. The third kappa shape index (κ3) is 3.46. The molecule has 1 amide bonds. The summed E-state index contributed by atoms with van der Waals surface area (Å²) in [6.45, 7) is 4.48. The zero-order chi connectivity index (χ0) is 16.2. The van der Waals surface area contributed by atoms with Crippen molar-refractivity contribution >= 4 is 5.91 Å². The maximum absolute atomic E-state index is 13.1. The second-order valence-corrected chi connectivity index (χ2v) is 6.11. The molecule has 1 aliphatic rings. The van der Waals surface area contributed by atoms with Gasteiger partial charge in [0.05, 0.1) is 0 Å². The van der Waals surface area contributed by atoms with Crippen LogP contribution in [0.1, 0.15) is 43.1 Å². The molecule has 122 valence electrons. The van der Waals surface area contributed by atoms with Crippen molar-refractivity contribution < 1.29 is 9.18 Å². The molecule has 1 fully saturated rings. The van der Waals surface area contributed by atoms with Crippen molar-refractivity contribution in [2.45, 2.75) is 39.2 Å². The van der Waals surface area contributed by atoms with Crippen LogP contribution >= 0.6 is 0 Å². The molecular formula is C19H23FN2O. The Bertz CT molecular complexity index is 667. The molecule has 0 atom stereocenters. The minimum Gasteiger partial charge on any atom is -0.343 e. The van der Waals surface area contributed by atoms with Gasteiger partial charge in [-0.3, -0.25) is 4.79 Å². The highest BCUT2D eigenvalue weighted by atomic mass is 19.1. The van der Waals surface area contributed by atoms with Crippen molar-refractivity contribution in [3.8, 4) is 11.1 Å². The summed E-state index contributed by atoms with van der Waals surface area (Å²) in [7, 11) is 0. The Morgan fingerprint density at radius 1 is 1.04 bits per heavy atom. The van der Waals surface area contributed by atoms with Crippen LogP contribution in [0.4, 0.5) is 4.39 Å². The first-order valence-electron chi connectivity index (χ1n) is 8.44. The summed E-state index contributed by atoms with van der Waals surface area (Å²) in [6, 6.07) is 8.35. The van der Waals surface area contributed by atoms with E-state index >= 15 is 0 Å². The van der Waals surface area contributed by atoms with Crippen LogP contribution in [0.5, 0.6) is 0 Å². The first-order chi connectivity index (χ1) is 11.2. The summed E-state index contributed by atoms with van der Waals surface area (Å²) in [5.74, 6) is -0.133. The summed E-state index contributed by atoms with van der Waals surface area (Å²) in [6.07, 6.45) is 6.57. The average Bonchev–Trinajstić information content (AvgIpc) is 2.81. The molecule has 1 aliphatic heterocycles. The van der Waals surface area contributed by atoms with Gasteiger partial charge in [-0.05, 0) is 43.5 Å². The summed E-state index contributed by atoms with van der Waals surface area (Å²) in [4.78, 5) is 14.9. The Labute approximate surface area is 136 Å². The highest BCUT2D eigenvalue weighted by molar-refractivity contribution is 5.94. The van der Waals surface area contributed by atoms with Crippen LogP contribution in [0.3, 0.4) is 0 Å². The van der Waals surface area contributed by atoms with Crippen LogP contribution in [-0.4, -0.2) is 28.5 Å². The first-order valence-corrected chi connectivity index (χ1v) is 8.44. The molecule has 0 N–H and O–H groups in total. The van der Waals surface area contributed by atoms with Gasteiger partial charge in [0.2, 0.25) is 0 Å². The predicted molar refractivity (Wildman–Crippen MR) is 89.9 cm³/mol. The van der Waals surface area contributed by atoms with E-state index in [2.05, 4.69) is 0 Å². The molecule has 3 nitrogen and oxygen atoms in total. The van der Waals surface area contributed by atoms with Gasteiger partial charge in [0, 0.05) is 31.4 Å². The molecule has 0 spiro atoms. The van der Waals surface area contributed by atoms with Gasteiger partial charge in [0.1, 0.15) is 11.5 Å². The SMILES string of the molecule is CCn1cc(-c2ccc(F)cc2)cc1C(=O)N1CCCCCC1. The largest absolute Gasteiger partial charge is 0.343 e. The standard InChI is InChI=1S/C19H23FN2O/c1-2-21-14-16(15-7-9-17(20)10-8-15)13-18(21)19(23)22-11-5-3-4-6-12-22/h7-10,13-14H,2-6,11-12H2,1H3. The lowest BCUT2D eigenvalue weighted by Crippen LogP contribution is -2.33. The normalized spacial score (nSPS) is 15.5. The van der Waals surface area contributed by atoms with E-state index < -0.39 is 0 Å².